The first-order chi connectivity index (χ1) is 29.8. The van der Waals surface area contributed by atoms with Crippen LogP contribution < -0.4 is 0 Å². The molecule has 2 atom stereocenters. The van der Waals surface area contributed by atoms with Crippen LogP contribution in [0, 0.1) is 11.8 Å². The number of rotatable bonds is 49. The second-order valence-corrected chi connectivity index (χ2v) is 19.6. The van der Waals surface area contributed by atoms with Crippen molar-refractivity contribution in [2.45, 2.75) is 310 Å². The first-order valence-corrected chi connectivity index (χ1v) is 27.3. The SMILES string of the molecule is CCCCCCCCCCCCCCC(=O)OC[C@@H](COC(=O)CCCCCCCCCCCCCCCCCCCCC(C)C)OC(=O)CCCCCCCCC(C)CC. The summed E-state index contributed by atoms with van der Waals surface area (Å²) in [5.41, 5.74) is 0. The smallest absolute Gasteiger partial charge is 0.306 e. The number of unbranched alkanes of at least 4 members (excludes halogenated alkanes) is 33. The largest absolute Gasteiger partial charge is 0.462 e. The van der Waals surface area contributed by atoms with Crippen LogP contribution in [0.4, 0.5) is 0 Å². The molecule has 0 aliphatic heterocycles. The molecule has 6 nitrogen and oxygen atoms in total. The van der Waals surface area contributed by atoms with Gasteiger partial charge in [0.2, 0.25) is 0 Å². The fourth-order valence-electron chi connectivity index (χ4n) is 8.31. The van der Waals surface area contributed by atoms with Gasteiger partial charge in [0.05, 0.1) is 0 Å². The molecule has 0 bridgehead atoms. The number of hydrogen-bond donors (Lipinski definition) is 0. The van der Waals surface area contributed by atoms with E-state index in [1.54, 1.807) is 0 Å². The van der Waals surface area contributed by atoms with Gasteiger partial charge >= 0.3 is 17.9 Å². The average molecular weight is 863 g/mol. The summed E-state index contributed by atoms with van der Waals surface area (Å²) in [5.74, 6) is 0.820. The topological polar surface area (TPSA) is 78.9 Å². The van der Waals surface area contributed by atoms with Crippen molar-refractivity contribution in [2.75, 3.05) is 13.2 Å². The summed E-state index contributed by atoms with van der Waals surface area (Å²) >= 11 is 0. The molecule has 0 N–H and O–H groups in total. The fourth-order valence-corrected chi connectivity index (χ4v) is 8.31. The predicted molar refractivity (Wildman–Crippen MR) is 261 cm³/mol. The van der Waals surface area contributed by atoms with Crippen LogP contribution in [0.15, 0.2) is 0 Å². The first kappa shape index (κ1) is 59.4. The lowest BCUT2D eigenvalue weighted by molar-refractivity contribution is -0.167. The second-order valence-electron chi connectivity index (χ2n) is 19.6. The van der Waals surface area contributed by atoms with Crippen molar-refractivity contribution >= 4 is 17.9 Å². The lowest BCUT2D eigenvalue weighted by atomic mass is 10.00. The van der Waals surface area contributed by atoms with Crippen molar-refractivity contribution in [3.8, 4) is 0 Å². The summed E-state index contributed by atoms with van der Waals surface area (Å²) in [6, 6.07) is 0. The van der Waals surface area contributed by atoms with E-state index in [1.165, 1.54) is 193 Å². The van der Waals surface area contributed by atoms with E-state index in [1.807, 2.05) is 0 Å². The van der Waals surface area contributed by atoms with Crippen LogP contribution in [0.5, 0.6) is 0 Å². The lowest BCUT2D eigenvalue weighted by Gasteiger charge is -2.18. The van der Waals surface area contributed by atoms with Crippen LogP contribution in [0.3, 0.4) is 0 Å². The number of hydrogen-bond acceptors (Lipinski definition) is 6. The molecule has 0 aromatic carbocycles. The summed E-state index contributed by atoms with van der Waals surface area (Å²) < 4.78 is 16.8. The third-order valence-electron chi connectivity index (χ3n) is 12.8. The van der Waals surface area contributed by atoms with Crippen molar-refractivity contribution in [3.63, 3.8) is 0 Å². The zero-order chi connectivity index (χ0) is 44.7. The molecule has 0 spiro atoms. The molecule has 0 saturated carbocycles. The summed E-state index contributed by atoms with van der Waals surface area (Å²) in [6.07, 6.45) is 49.6. The lowest BCUT2D eigenvalue weighted by Crippen LogP contribution is -2.30. The summed E-state index contributed by atoms with van der Waals surface area (Å²) in [6.45, 7) is 11.4. The van der Waals surface area contributed by atoms with Crippen molar-refractivity contribution in [2.24, 2.45) is 11.8 Å². The van der Waals surface area contributed by atoms with E-state index in [2.05, 4.69) is 34.6 Å². The second kappa shape index (κ2) is 47.9. The number of carbonyl (C=O) groups excluding carboxylic acids is 3. The van der Waals surface area contributed by atoms with Crippen LogP contribution in [0.2, 0.25) is 0 Å². The van der Waals surface area contributed by atoms with E-state index in [0.29, 0.717) is 19.3 Å². The van der Waals surface area contributed by atoms with Crippen LogP contribution in [0.1, 0.15) is 304 Å². The van der Waals surface area contributed by atoms with Crippen molar-refractivity contribution < 1.29 is 28.6 Å². The van der Waals surface area contributed by atoms with E-state index in [0.717, 1.165) is 69.6 Å². The highest BCUT2D eigenvalue weighted by atomic mass is 16.6. The molecule has 0 heterocycles. The Morgan fingerprint density at radius 3 is 0.934 bits per heavy atom. The Kier molecular flexibility index (Phi) is 46.6. The normalized spacial score (nSPS) is 12.5. The van der Waals surface area contributed by atoms with Gasteiger partial charge in [0.25, 0.3) is 0 Å². The average Bonchev–Trinajstić information content (AvgIpc) is 3.24. The molecular weight excluding hydrogens is 757 g/mol. The molecule has 0 fully saturated rings. The van der Waals surface area contributed by atoms with E-state index >= 15 is 0 Å². The summed E-state index contributed by atoms with van der Waals surface area (Å²) in [4.78, 5) is 37.9. The summed E-state index contributed by atoms with van der Waals surface area (Å²) in [5, 5.41) is 0. The van der Waals surface area contributed by atoms with Crippen LogP contribution in [-0.4, -0.2) is 37.2 Å². The zero-order valence-electron chi connectivity index (χ0n) is 41.8. The Morgan fingerprint density at radius 1 is 0.344 bits per heavy atom. The molecule has 0 aromatic heterocycles. The molecule has 0 saturated heterocycles. The van der Waals surface area contributed by atoms with Gasteiger partial charge in [0, 0.05) is 19.3 Å². The van der Waals surface area contributed by atoms with Gasteiger partial charge in [-0.15, -0.1) is 0 Å². The number of ether oxygens (including phenoxy) is 3. The molecule has 0 aromatic rings. The minimum absolute atomic E-state index is 0.0642. The maximum Gasteiger partial charge on any atom is 0.306 e. The summed E-state index contributed by atoms with van der Waals surface area (Å²) in [7, 11) is 0. The maximum atomic E-state index is 12.8. The van der Waals surface area contributed by atoms with E-state index in [4.69, 9.17) is 14.2 Å². The highest BCUT2D eigenvalue weighted by Crippen LogP contribution is 2.18. The molecule has 0 aliphatic carbocycles. The third-order valence-corrected chi connectivity index (χ3v) is 12.8. The monoisotopic (exact) mass is 863 g/mol. The fraction of sp³-hybridized carbons (Fsp3) is 0.945. The molecule has 6 heteroatoms. The van der Waals surface area contributed by atoms with Gasteiger partial charge in [0.1, 0.15) is 13.2 Å². The highest BCUT2D eigenvalue weighted by molar-refractivity contribution is 5.71. The Bertz CT molecular complexity index is 933. The van der Waals surface area contributed by atoms with Crippen LogP contribution in [-0.2, 0) is 28.6 Å². The van der Waals surface area contributed by atoms with Gasteiger partial charge in [-0.2, -0.15) is 0 Å². The van der Waals surface area contributed by atoms with Gasteiger partial charge < -0.3 is 14.2 Å². The first-order valence-electron chi connectivity index (χ1n) is 27.3. The quantitative estimate of drug-likeness (QED) is 0.0344. The number of esters is 3. The van der Waals surface area contributed by atoms with E-state index < -0.39 is 6.10 Å². The molecule has 61 heavy (non-hydrogen) atoms. The zero-order valence-corrected chi connectivity index (χ0v) is 41.8. The van der Waals surface area contributed by atoms with Gasteiger partial charge in [-0.25, -0.2) is 0 Å². The standard InChI is InChI=1S/C55H106O6/c1-6-8-9-10-11-12-13-23-26-29-35-40-45-53(56)59-48-52(61-55(58)47-42-37-32-31-34-39-44-51(5)7-2)49-60-54(57)46-41-36-30-27-24-21-19-17-15-14-16-18-20-22-25-28-33-38-43-50(3)4/h50-52H,6-49H2,1-5H3/t51?,52-/m0/s1. The van der Waals surface area contributed by atoms with Crippen LogP contribution in [0.25, 0.3) is 0 Å². The number of carbonyl (C=O) groups is 3. The van der Waals surface area contributed by atoms with Gasteiger partial charge in [-0.1, -0.05) is 266 Å². The van der Waals surface area contributed by atoms with Crippen molar-refractivity contribution in [1.29, 1.82) is 0 Å². The Balaban J connectivity index is 4.19. The van der Waals surface area contributed by atoms with Crippen LogP contribution >= 0.6 is 0 Å². The molecule has 0 aliphatic rings. The Labute approximate surface area is 380 Å². The van der Waals surface area contributed by atoms with E-state index in [9.17, 15) is 14.4 Å². The maximum absolute atomic E-state index is 12.8. The molecule has 0 radical (unpaired) electrons. The Hall–Kier alpha value is -1.59. The molecule has 0 amide bonds. The minimum Gasteiger partial charge on any atom is -0.462 e. The van der Waals surface area contributed by atoms with E-state index in [-0.39, 0.29) is 31.1 Å². The van der Waals surface area contributed by atoms with Gasteiger partial charge in [0.15, 0.2) is 6.10 Å². The third kappa shape index (κ3) is 47.7. The minimum atomic E-state index is -0.762. The van der Waals surface area contributed by atoms with Gasteiger partial charge in [-0.3, -0.25) is 14.4 Å². The molecule has 362 valence electrons. The molecule has 0 rings (SSSR count). The molecule has 1 unspecified atom stereocenters. The predicted octanol–water partition coefficient (Wildman–Crippen LogP) is 17.7. The van der Waals surface area contributed by atoms with Gasteiger partial charge in [-0.05, 0) is 31.1 Å². The van der Waals surface area contributed by atoms with Crippen molar-refractivity contribution in [1.82, 2.24) is 0 Å². The molecular formula is C55H106O6. The highest BCUT2D eigenvalue weighted by Gasteiger charge is 2.19. The van der Waals surface area contributed by atoms with Crippen molar-refractivity contribution in [3.05, 3.63) is 0 Å². The Morgan fingerprint density at radius 2 is 0.623 bits per heavy atom.